The number of nitrogens with zero attached hydrogens (tertiary/aromatic N) is 2. The lowest BCUT2D eigenvalue weighted by atomic mass is 10.1. The number of aromatic nitrogens is 2. The highest BCUT2D eigenvalue weighted by molar-refractivity contribution is 5.62. The van der Waals surface area contributed by atoms with Gasteiger partial charge in [0.05, 0.1) is 6.04 Å². The zero-order chi connectivity index (χ0) is 14.0. The molecule has 0 aliphatic heterocycles. The van der Waals surface area contributed by atoms with Gasteiger partial charge in [0.2, 0.25) is 5.89 Å². The molecule has 5 nitrogen and oxygen atoms in total. The van der Waals surface area contributed by atoms with Gasteiger partial charge < -0.3 is 15.1 Å². The Morgan fingerprint density at radius 1 is 1.11 bits per heavy atom. The molecule has 1 atom stereocenters. The molecule has 2 N–H and O–H groups in total. The zero-order valence-corrected chi connectivity index (χ0v) is 12.0. The quantitative estimate of drug-likeness (QED) is 0.884. The van der Waals surface area contributed by atoms with Crippen LogP contribution in [-0.4, -0.2) is 17.2 Å². The van der Waals surface area contributed by atoms with Gasteiger partial charge in [0.25, 0.3) is 0 Å². The van der Waals surface area contributed by atoms with Gasteiger partial charge in [-0.3, -0.25) is 0 Å². The molecule has 0 fully saturated rings. The van der Waals surface area contributed by atoms with Crippen molar-refractivity contribution in [3.05, 3.63) is 34.7 Å². The fourth-order valence-corrected chi connectivity index (χ4v) is 2.07. The summed E-state index contributed by atoms with van der Waals surface area (Å²) < 4.78 is 5.58. The maximum Gasteiger partial charge on any atom is 0.320 e. The van der Waals surface area contributed by atoms with Gasteiger partial charge in [-0.2, -0.15) is 0 Å². The zero-order valence-electron chi connectivity index (χ0n) is 12.0. The second-order valence-electron chi connectivity index (χ2n) is 4.85. The van der Waals surface area contributed by atoms with Crippen molar-refractivity contribution in [1.82, 2.24) is 15.5 Å². The van der Waals surface area contributed by atoms with E-state index in [0.717, 1.165) is 5.69 Å². The normalized spacial score (nSPS) is 12.5. The first-order valence-corrected chi connectivity index (χ1v) is 6.36. The second-order valence-corrected chi connectivity index (χ2v) is 4.85. The number of hydrogen-bond donors (Lipinski definition) is 2. The number of anilines is 2. The van der Waals surface area contributed by atoms with E-state index in [2.05, 4.69) is 53.7 Å². The third-order valence-electron chi connectivity index (χ3n) is 3.15. The van der Waals surface area contributed by atoms with Crippen molar-refractivity contribution in [2.75, 3.05) is 12.4 Å². The average Bonchev–Trinajstić information content (AvgIpc) is 2.81. The highest BCUT2D eigenvalue weighted by Crippen LogP contribution is 2.25. The van der Waals surface area contributed by atoms with Gasteiger partial charge in [0.1, 0.15) is 0 Å². The van der Waals surface area contributed by atoms with Crippen molar-refractivity contribution >= 4 is 11.7 Å². The van der Waals surface area contributed by atoms with Crippen LogP contribution in [0.3, 0.4) is 0 Å². The maximum atomic E-state index is 5.58. The first kappa shape index (κ1) is 13.5. The molecule has 0 radical (unpaired) electrons. The SMILES string of the molecule is CNC(C)c1nnc(Nc2c(C)cc(C)cc2C)o1. The number of nitrogens with one attached hydrogen (secondary N) is 2. The molecule has 19 heavy (non-hydrogen) atoms. The van der Waals surface area contributed by atoms with Crippen molar-refractivity contribution in [2.45, 2.75) is 33.7 Å². The summed E-state index contributed by atoms with van der Waals surface area (Å²) in [5.74, 6) is 0.576. The van der Waals surface area contributed by atoms with Gasteiger partial charge in [-0.05, 0) is 45.9 Å². The van der Waals surface area contributed by atoms with Crippen molar-refractivity contribution in [1.29, 1.82) is 0 Å². The highest BCUT2D eigenvalue weighted by atomic mass is 16.4. The molecule has 0 bridgehead atoms. The first-order chi connectivity index (χ1) is 9.01. The molecule has 0 aliphatic carbocycles. The monoisotopic (exact) mass is 260 g/mol. The summed E-state index contributed by atoms with van der Waals surface area (Å²) in [5.41, 5.74) is 4.60. The Labute approximate surface area is 113 Å². The van der Waals surface area contributed by atoms with Crippen LogP contribution in [0.4, 0.5) is 11.7 Å². The number of aryl methyl sites for hydroxylation is 3. The molecule has 1 aromatic heterocycles. The van der Waals surface area contributed by atoms with Crippen molar-refractivity contribution in [3.63, 3.8) is 0 Å². The molecular weight excluding hydrogens is 240 g/mol. The topological polar surface area (TPSA) is 63.0 Å². The molecule has 0 amide bonds. The minimum Gasteiger partial charge on any atom is -0.406 e. The fraction of sp³-hybridized carbons (Fsp3) is 0.429. The van der Waals surface area contributed by atoms with Crippen LogP contribution in [0.15, 0.2) is 16.5 Å². The molecule has 1 unspecified atom stereocenters. The lowest BCUT2D eigenvalue weighted by Crippen LogP contribution is -2.12. The van der Waals surface area contributed by atoms with Gasteiger partial charge in [-0.15, -0.1) is 5.10 Å². The van der Waals surface area contributed by atoms with Crippen LogP contribution in [0.25, 0.3) is 0 Å². The summed E-state index contributed by atoms with van der Waals surface area (Å²) in [5, 5.41) is 14.3. The summed E-state index contributed by atoms with van der Waals surface area (Å²) in [6.45, 7) is 8.19. The third-order valence-corrected chi connectivity index (χ3v) is 3.15. The van der Waals surface area contributed by atoms with E-state index in [4.69, 9.17) is 4.42 Å². The number of hydrogen-bond acceptors (Lipinski definition) is 5. The first-order valence-electron chi connectivity index (χ1n) is 6.36. The summed E-state index contributed by atoms with van der Waals surface area (Å²) in [4.78, 5) is 0. The predicted molar refractivity (Wildman–Crippen MR) is 75.7 cm³/mol. The Hall–Kier alpha value is -1.88. The summed E-state index contributed by atoms with van der Waals surface area (Å²) >= 11 is 0. The van der Waals surface area contributed by atoms with Crippen LogP contribution in [-0.2, 0) is 0 Å². The van der Waals surface area contributed by atoms with E-state index in [1.807, 2.05) is 14.0 Å². The van der Waals surface area contributed by atoms with Gasteiger partial charge in [0, 0.05) is 5.69 Å². The largest absolute Gasteiger partial charge is 0.406 e. The Kier molecular flexibility index (Phi) is 3.85. The van der Waals surface area contributed by atoms with E-state index < -0.39 is 0 Å². The van der Waals surface area contributed by atoms with Crippen molar-refractivity contribution in [2.24, 2.45) is 0 Å². The summed E-state index contributed by atoms with van der Waals surface area (Å²) in [6, 6.07) is 4.72. The van der Waals surface area contributed by atoms with Crippen LogP contribution in [0.1, 0.15) is 35.5 Å². The van der Waals surface area contributed by atoms with E-state index >= 15 is 0 Å². The van der Waals surface area contributed by atoms with Gasteiger partial charge in [0.15, 0.2) is 0 Å². The molecule has 0 spiro atoms. The Morgan fingerprint density at radius 3 is 2.32 bits per heavy atom. The molecular formula is C14H20N4O. The molecule has 2 aromatic rings. The summed E-state index contributed by atoms with van der Waals surface area (Å²) in [7, 11) is 1.86. The van der Waals surface area contributed by atoms with E-state index in [9.17, 15) is 0 Å². The smallest absolute Gasteiger partial charge is 0.320 e. The standard InChI is InChI=1S/C14H20N4O/c1-8-6-9(2)12(10(3)7-8)16-14-18-17-13(19-14)11(4)15-5/h6-7,11,15H,1-5H3,(H,16,18). The summed E-state index contributed by atoms with van der Waals surface area (Å²) in [6.07, 6.45) is 0. The molecule has 102 valence electrons. The molecule has 0 aliphatic rings. The maximum absolute atomic E-state index is 5.58. The van der Waals surface area contributed by atoms with E-state index in [1.165, 1.54) is 16.7 Å². The highest BCUT2D eigenvalue weighted by Gasteiger charge is 2.13. The molecule has 1 aromatic carbocycles. The minimum atomic E-state index is 0.0447. The molecule has 5 heteroatoms. The van der Waals surface area contributed by atoms with Gasteiger partial charge in [-0.25, -0.2) is 0 Å². The number of rotatable bonds is 4. The Bertz CT molecular complexity index is 554. The van der Waals surface area contributed by atoms with E-state index in [0.29, 0.717) is 11.9 Å². The van der Waals surface area contributed by atoms with E-state index in [-0.39, 0.29) is 6.04 Å². The van der Waals surface area contributed by atoms with Crippen LogP contribution >= 0.6 is 0 Å². The Morgan fingerprint density at radius 2 is 1.74 bits per heavy atom. The predicted octanol–water partition coefficient (Wildman–Crippen LogP) is 3.02. The second kappa shape index (κ2) is 5.40. The van der Waals surface area contributed by atoms with Gasteiger partial charge >= 0.3 is 6.01 Å². The van der Waals surface area contributed by atoms with Crippen molar-refractivity contribution < 1.29 is 4.42 Å². The lowest BCUT2D eigenvalue weighted by molar-refractivity contribution is 0.443. The molecule has 0 saturated carbocycles. The minimum absolute atomic E-state index is 0.0447. The molecule has 1 heterocycles. The van der Waals surface area contributed by atoms with Gasteiger partial charge in [-0.1, -0.05) is 22.8 Å². The van der Waals surface area contributed by atoms with E-state index in [1.54, 1.807) is 0 Å². The van der Waals surface area contributed by atoms with Crippen LogP contribution in [0, 0.1) is 20.8 Å². The Balaban J connectivity index is 2.24. The van der Waals surface area contributed by atoms with Crippen molar-refractivity contribution in [3.8, 4) is 0 Å². The third kappa shape index (κ3) is 2.93. The fourth-order valence-electron chi connectivity index (χ4n) is 2.07. The van der Waals surface area contributed by atoms with Crippen LogP contribution in [0.2, 0.25) is 0 Å². The molecule has 0 saturated heterocycles. The molecule has 2 rings (SSSR count). The average molecular weight is 260 g/mol. The van der Waals surface area contributed by atoms with Crippen LogP contribution in [0.5, 0.6) is 0 Å². The lowest BCUT2D eigenvalue weighted by Gasteiger charge is -2.10. The van der Waals surface area contributed by atoms with Crippen LogP contribution < -0.4 is 10.6 Å². The number of benzene rings is 1.